The summed E-state index contributed by atoms with van der Waals surface area (Å²) in [6.45, 7) is 3.64. The van der Waals surface area contributed by atoms with Crippen molar-refractivity contribution in [1.29, 1.82) is 0 Å². The minimum absolute atomic E-state index is 0.137. The summed E-state index contributed by atoms with van der Waals surface area (Å²) in [6.07, 6.45) is 0. The molecular weight excluding hydrogens is 448 g/mol. The van der Waals surface area contributed by atoms with Gasteiger partial charge in [0.25, 0.3) is 0 Å². The van der Waals surface area contributed by atoms with Gasteiger partial charge >= 0.3 is 0 Å². The van der Waals surface area contributed by atoms with Crippen LogP contribution in [-0.2, 0) is 35.3 Å². The van der Waals surface area contributed by atoms with E-state index in [1.165, 1.54) is 52.5 Å². The first-order valence-corrected chi connectivity index (χ1v) is 13.3. The Labute approximate surface area is 178 Å². The lowest BCUT2D eigenvalue weighted by Gasteiger charge is -2.35. The molecule has 1 aliphatic rings. The molecule has 0 atom stereocenters. The number of sulfonamides is 2. The highest BCUT2D eigenvalue weighted by Gasteiger charge is 2.42. The zero-order valence-corrected chi connectivity index (χ0v) is 20.0. The average molecular weight is 473 g/mol. The normalized spacial score (nSPS) is 17.6. The Bertz CT molecular complexity index is 1260. The number of rotatable bonds is 4. The SMILES string of the molecule is CN(C)S(=O)(=O)c1ccc2c(c1)S(=O)(=O)c1cc(S(=O)(=O)N(C)C)ccc1C2(C)C. The average Bonchev–Trinajstić information content (AvgIpc) is 2.65. The number of sulfone groups is 1. The number of hydrogen-bond donors (Lipinski definition) is 0. The second kappa shape index (κ2) is 6.86. The summed E-state index contributed by atoms with van der Waals surface area (Å²) in [6, 6.07) is 8.10. The van der Waals surface area contributed by atoms with E-state index in [9.17, 15) is 25.3 Å². The van der Waals surface area contributed by atoms with E-state index in [4.69, 9.17) is 0 Å². The van der Waals surface area contributed by atoms with Gasteiger partial charge in [-0.05, 0) is 35.4 Å². The molecule has 8 nitrogen and oxygen atoms in total. The summed E-state index contributed by atoms with van der Waals surface area (Å²) >= 11 is 0. The van der Waals surface area contributed by atoms with E-state index in [2.05, 4.69) is 0 Å². The van der Waals surface area contributed by atoms with Crippen LogP contribution in [0.2, 0.25) is 0 Å². The minimum atomic E-state index is -4.16. The largest absolute Gasteiger partial charge is 0.242 e. The third kappa shape index (κ3) is 3.19. The van der Waals surface area contributed by atoms with Crippen molar-refractivity contribution in [3.8, 4) is 0 Å². The fourth-order valence-electron chi connectivity index (χ4n) is 3.49. The zero-order valence-electron chi connectivity index (χ0n) is 17.5. The van der Waals surface area contributed by atoms with Crippen LogP contribution in [0.25, 0.3) is 0 Å². The molecule has 1 heterocycles. The Morgan fingerprint density at radius 1 is 0.700 bits per heavy atom. The quantitative estimate of drug-likeness (QED) is 0.670. The zero-order chi connectivity index (χ0) is 22.9. The van der Waals surface area contributed by atoms with Gasteiger partial charge in [-0.25, -0.2) is 33.9 Å². The molecule has 3 rings (SSSR count). The molecule has 0 saturated carbocycles. The molecule has 30 heavy (non-hydrogen) atoms. The van der Waals surface area contributed by atoms with Crippen molar-refractivity contribution in [2.24, 2.45) is 0 Å². The maximum Gasteiger partial charge on any atom is 0.242 e. The van der Waals surface area contributed by atoms with Gasteiger partial charge in [0.1, 0.15) is 0 Å². The summed E-state index contributed by atoms with van der Waals surface area (Å²) in [5.41, 5.74) is 0.128. The topological polar surface area (TPSA) is 109 Å². The van der Waals surface area contributed by atoms with Crippen molar-refractivity contribution in [2.75, 3.05) is 28.2 Å². The molecule has 1 aliphatic heterocycles. The molecule has 11 heteroatoms. The predicted octanol–water partition coefficient (Wildman–Crippen LogP) is 1.66. The van der Waals surface area contributed by atoms with E-state index in [1.54, 1.807) is 0 Å². The van der Waals surface area contributed by atoms with Crippen molar-refractivity contribution in [2.45, 2.75) is 38.8 Å². The number of hydrogen-bond acceptors (Lipinski definition) is 6. The van der Waals surface area contributed by atoms with Crippen LogP contribution in [0.3, 0.4) is 0 Å². The monoisotopic (exact) mass is 472 g/mol. The van der Waals surface area contributed by atoms with Crippen LogP contribution in [0.4, 0.5) is 0 Å². The van der Waals surface area contributed by atoms with Gasteiger partial charge in [0.2, 0.25) is 29.9 Å². The fourth-order valence-corrected chi connectivity index (χ4v) is 7.52. The van der Waals surface area contributed by atoms with Crippen molar-refractivity contribution < 1.29 is 25.3 Å². The highest BCUT2D eigenvalue weighted by Crippen LogP contribution is 2.46. The van der Waals surface area contributed by atoms with Crippen LogP contribution >= 0.6 is 0 Å². The van der Waals surface area contributed by atoms with Gasteiger partial charge in [0, 0.05) is 33.6 Å². The van der Waals surface area contributed by atoms with Crippen molar-refractivity contribution in [1.82, 2.24) is 8.61 Å². The van der Waals surface area contributed by atoms with Crippen LogP contribution in [0.15, 0.2) is 56.0 Å². The molecule has 2 aromatic carbocycles. The van der Waals surface area contributed by atoms with Crippen molar-refractivity contribution in [3.63, 3.8) is 0 Å². The molecule has 0 aromatic heterocycles. The van der Waals surface area contributed by atoms with Crippen LogP contribution in [-0.4, -0.2) is 62.1 Å². The van der Waals surface area contributed by atoms with Gasteiger partial charge in [-0.1, -0.05) is 26.0 Å². The second-order valence-electron chi connectivity index (χ2n) is 8.02. The molecule has 0 unspecified atom stereocenters. The smallest absolute Gasteiger partial charge is 0.218 e. The van der Waals surface area contributed by atoms with Crippen LogP contribution in [0.1, 0.15) is 25.0 Å². The highest BCUT2D eigenvalue weighted by molar-refractivity contribution is 7.92. The molecule has 0 aliphatic carbocycles. The van der Waals surface area contributed by atoms with Crippen LogP contribution in [0, 0.1) is 0 Å². The summed E-state index contributed by atoms with van der Waals surface area (Å²) in [5.74, 6) is 0. The van der Waals surface area contributed by atoms with E-state index < -0.39 is 35.3 Å². The molecule has 0 amide bonds. The van der Waals surface area contributed by atoms with Crippen LogP contribution in [0.5, 0.6) is 0 Å². The molecule has 0 saturated heterocycles. The van der Waals surface area contributed by atoms with Gasteiger partial charge in [0.15, 0.2) is 0 Å². The van der Waals surface area contributed by atoms with Crippen molar-refractivity contribution in [3.05, 3.63) is 47.5 Å². The Kier molecular flexibility index (Phi) is 5.23. The first-order valence-electron chi connectivity index (χ1n) is 8.95. The molecule has 0 spiro atoms. The third-order valence-electron chi connectivity index (χ3n) is 5.39. The lowest BCUT2D eigenvalue weighted by Crippen LogP contribution is -2.31. The summed E-state index contributed by atoms with van der Waals surface area (Å²) in [4.78, 5) is -0.568. The maximum atomic E-state index is 13.5. The van der Waals surface area contributed by atoms with E-state index >= 15 is 0 Å². The van der Waals surface area contributed by atoms with Crippen LogP contribution < -0.4 is 0 Å². The Morgan fingerprint density at radius 2 is 1.03 bits per heavy atom. The molecule has 0 bridgehead atoms. The summed E-state index contributed by atoms with van der Waals surface area (Å²) in [5, 5.41) is 0. The first kappa shape index (κ1) is 22.9. The fraction of sp³-hybridized carbons (Fsp3) is 0.368. The Hall–Kier alpha value is -1.79. The van der Waals surface area contributed by atoms with E-state index in [0.29, 0.717) is 11.1 Å². The first-order chi connectivity index (χ1) is 13.6. The molecular formula is C19H24N2O6S3. The standard InChI is InChI=1S/C19H24N2O6S3/c1-19(2)15-9-7-13(29(24,25)20(3)4)11-17(15)28(22,23)18-12-14(8-10-16(18)19)30(26,27)21(5)6/h7-12H,1-6H3. The van der Waals surface area contributed by atoms with Gasteiger partial charge < -0.3 is 0 Å². The lowest BCUT2D eigenvalue weighted by atomic mass is 9.78. The van der Waals surface area contributed by atoms with Gasteiger partial charge in [0.05, 0.1) is 19.6 Å². The molecule has 164 valence electrons. The third-order valence-corrected chi connectivity index (χ3v) is 10.8. The van der Waals surface area contributed by atoms with Crippen molar-refractivity contribution >= 4 is 29.9 Å². The number of nitrogens with zero attached hydrogens (tertiary/aromatic N) is 2. The minimum Gasteiger partial charge on any atom is -0.218 e. The summed E-state index contributed by atoms with van der Waals surface area (Å²) < 4.78 is 79.1. The van der Waals surface area contributed by atoms with Gasteiger partial charge in [-0.3, -0.25) is 0 Å². The Balaban J connectivity index is 2.36. The number of fused-ring (bicyclic) bond motifs is 2. The van der Waals surface area contributed by atoms with E-state index in [0.717, 1.165) is 20.7 Å². The Morgan fingerprint density at radius 3 is 1.33 bits per heavy atom. The molecule has 2 aromatic rings. The maximum absolute atomic E-state index is 13.5. The van der Waals surface area contributed by atoms with Gasteiger partial charge in [-0.2, -0.15) is 0 Å². The molecule has 0 fully saturated rings. The molecule has 0 N–H and O–H groups in total. The second-order valence-corrected chi connectivity index (χ2v) is 14.2. The van der Waals surface area contributed by atoms with E-state index in [-0.39, 0.29) is 19.6 Å². The summed E-state index contributed by atoms with van der Waals surface area (Å²) in [7, 11) is -6.41. The number of benzene rings is 2. The predicted molar refractivity (Wildman–Crippen MR) is 112 cm³/mol. The van der Waals surface area contributed by atoms with E-state index in [1.807, 2.05) is 13.8 Å². The highest BCUT2D eigenvalue weighted by atomic mass is 32.2. The van der Waals surface area contributed by atoms with Gasteiger partial charge in [-0.15, -0.1) is 0 Å². The lowest BCUT2D eigenvalue weighted by molar-refractivity contribution is 0.519. The molecule has 0 radical (unpaired) electrons.